The molecule has 5 heteroatoms. The molecule has 2 aliphatic carbocycles. The van der Waals surface area contributed by atoms with Gasteiger partial charge in [0.1, 0.15) is 5.75 Å². The number of ether oxygens (including phenoxy) is 3. The van der Waals surface area contributed by atoms with Gasteiger partial charge in [0.25, 0.3) is 0 Å². The molecule has 136 valence electrons. The van der Waals surface area contributed by atoms with E-state index >= 15 is 0 Å². The van der Waals surface area contributed by atoms with Gasteiger partial charge in [-0.2, -0.15) is 0 Å². The summed E-state index contributed by atoms with van der Waals surface area (Å²) in [6.07, 6.45) is 1.59. The Morgan fingerprint density at radius 1 is 1.08 bits per heavy atom. The molecule has 0 radical (unpaired) electrons. The zero-order chi connectivity index (χ0) is 18.8. The van der Waals surface area contributed by atoms with Gasteiger partial charge in [0.05, 0.1) is 33.5 Å². The first-order valence-electron chi connectivity index (χ1n) is 9.49. The Kier molecular flexibility index (Phi) is 4.90. The van der Waals surface area contributed by atoms with E-state index in [-0.39, 0.29) is 29.7 Å². The van der Waals surface area contributed by atoms with Gasteiger partial charge >= 0.3 is 11.9 Å². The molecule has 5 atom stereocenters. The summed E-state index contributed by atoms with van der Waals surface area (Å²) < 4.78 is 24.0. The number of carbonyl (C=O) groups is 2. The normalized spacial score (nSPS) is 30.7. The van der Waals surface area contributed by atoms with Crippen LogP contribution in [0.2, 0.25) is 0 Å². The molecule has 0 heterocycles. The smallest absolute Gasteiger partial charge is 0.310 e. The highest BCUT2D eigenvalue weighted by Crippen LogP contribution is 2.59. The highest BCUT2D eigenvalue weighted by Gasteiger charge is 2.59. The van der Waals surface area contributed by atoms with Crippen LogP contribution in [0, 0.1) is 23.7 Å². The number of benzene rings is 1. The molecule has 2 bridgehead atoms. The SMILES string of the molecule is [2H]c1cc(OC)ccc1[C@@H]1C[C@@H]2C[C@H]1[C@H](C(=O)OCC)[C@@H]2C(=O)OCC. The Morgan fingerprint density at radius 3 is 2.36 bits per heavy atom. The fourth-order valence-corrected chi connectivity index (χ4v) is 4.64. The minimum Gasteiger partial charge on any atom is -0.497 e. The number of fused-ring (bicyclic) bond motifs is 2. The molecular weight excluding hydrogens is 320 g/mol. The van der Waals surface area contributed by atoms with E-state index in [1.807, 2.05) is 12.1 Å². The molecule has 0 aliphatic heterocycles. The summed E-state index contributed by atoms with van der Waals surface area (Å²) in [6.45, 7) is 4.14. The molecular formula is C20H26O5. The van der Waals surface area contributed by atoms with E-state index in [9.17, 15) is 9.59 Å². The van der Waals surface area contributed by atoms with E-state index in [2.05, 4.69) is 0 Å². The van der Waals surface area contributed by atoms with E-state index in [0.29, 0.717) is 25.0 Å². The molecule has 0 unspecified atom stereocenters. The van der Waals surface area contributed by atoms with Crippen molar-refractivity contribution in [2.24, 2.45) is 23.7 Å². The van der Waals surface area contributed by atoms with Gasteiger partial charge in [0.15, 0.2) is 0 Å². The van der Waals surface area contributed by atoms with Crippen LogP contribution in [0.4, 0.5) is 0 Å². The Hall–Kier alpha value is -2.04. The average Bonchev–Trinajstić information content (AvgIpc) is 3.20. The van der Waals surface area contributed by atoms with Crippen molar-refractivity contribution < 1.29 is 25.2 Å². The van der Waals surface area contributed by atoms with Crippen LogP contribution in [0.25, 0.3) is 0 Å². The molecule has 2 aliphatic rings. The maximum Gasteiger partial charge on any atom is 0.310 e. The quantitative estimate of drug-likeness (QED) is 0.740. The van der Waals surface area contributed by atoms with E-state index in [1.165, 1.54) is 0 Å². The van der Waals surface area contributed by atoms with Gasteiger partial charge in [0, 0.05) is 0 Å². The Morgan fingerprint density at radius 2 is 1.76 bits per heavy atom. The standard InChI is InChI=1S/C20H26O5/c1-4-24-19(21)17-13-10-15(12-6-8-14(23-3)9-7-12)16(11-13)18(17)20(22)25-5-2/h6-9,13,15-18H,4-5,10-11H2,1-3H3/t13-,15+,16-,17-,18+/m1/s1/i6D. The van der Waals surface area contributed by atoms with Gasteiger partial charge in [-0.25, -0.2) is 0 Å². The molecule has 0 amide bonds. The number of esters is 2. The van der Waals surface area contributed by atoms with Crippen LogP contribution in [0.3, 0.4) is 0 Å². The van der Waals surface area contributed by atoms with Crippen molar-refractivity contribution in [2.45, 2.75) is 32.6 Å². The van der Waals surface area contributed by atoms with Crippen molar-refractivity contribution in [3.8, 4) is 5.75 Å². The zero-order valence-electron chi connectivity index (χ0n) is 16.0. The van der Waals surface area contributed by atoms with Crippen molar-refractivity contribution in [1.29, 1.82) is 0 Å². The van der Waals surface area contributed by atoms with Crippen LogP contribution in [0.1, 0.15) is 39.5 Å². The molecule has 0 N–H and O–H groups in total. The molecule has 1 aromatic carbocycles. The van der Waals surface area contributed by atoms with Crippen LogP contribution in [0.5, 0.6) is 5.75 Å². The third-order valence-corrected chi connectivity index (χ3v) is 5.57. The highest BCUT2D eigenvalue weighted by molar-refractivity contribution is 5.84. The number of hydrogen-bond donors (Lipinski definition) is 0. The summed E-state index contributed by atoms with van der Waals surface area (Å²) in [4.78, 5) is 25.1. The summed E-state index contributed by atoms with van der Waals surface area (Å²) in [7, 11) is 1.58. The molecule has 1 aromatic rings. The van der Waals surface area contributed by atoms with Crippen LogP contribution < -0.4 is 4.74 Å². The summed E-state index contributed by atoms with van der Waals surface area (Å²) in [6, 6.07) is 5.87. The first-order valence-corrected chi connectivity index (χ1v) is 8.99. The molecule has 0 spiro atoms. The lowest BCUT2D eigenvalue weighted by Crippen LogP contribution is -2.39. The van der Waals surface area contributed by atoms with Gasteiger partial charge in [-0.1, -0.05) is 12.1 Å². The van der Waals surface area contributed by atoms with Gasteiger partial charge in [0.2, 0.25) is 0 Å². The van der Waals surface area contributed by atoms with Gasteiger partial charge in [-0.3, -0.25) is 9.59 Å². The maximum atomic E-state index is 12.6. The second-order valence-electron chi connectivity index (χ2n) is 6.74. The molecule has 5 nitrogen and oxygen atoms in total. The first-order chi connectivity index (χ1) is 12.5. The Balaban J connectivity index is 1.90. The molecule has 3 rings (SSSR count). The summed E-state index contributed by atoms with van der Waals surface area (Å²) in [5.74, 6) is -0.695. The maximum absolute atomic E-state index is 12.6. The second-order valence-corrected chi connectivity index (χ2v) is 6.74. The van der Waals surface area contributed by atoms with E-state index in [4.69, 9.17) is 15.6 Å². The summed E-state index contributed by atoms with van der Waals surface area (Å²) in [5.41, 5.74) is 0.912. The number of carbonyl (C=O) groups excluding carboxylic acids is 2. The topological polar surface area (TPSA) is 61.8 Å². The van der Waals surface area contributed by atoms with Gasteiger partial charge < -0.3 is 14.2 Å². The fourth-order valence-electron chi connectivity index (χ4n) is 4.64. The predicted octanol–water partition coefficient (Wildman–Crippen LogP) is 3.18. The predicted molar refractivity (Wildman–Crippen MR) is 92.2 cm³/mol. The van der Waals surface area contributed by atoms with Crippen molar-refractivity contribution in [3.05, 3.63) is 29.8 Å². The molecule has 0 saturated heterocycles. The molecule has 0 aromatic heterocycles. The molecule has 25 heavy (non-hydrogen) atoms. The fraction of sp³-hybridized carbons (Fsp3) is 0.600. The highest BCUT2D eigenvalue weighted by atomic mass is 16.5. The van der Waals surface area contributed by atoms with Crippen LogP contribution in [-0.4, -0.2) is 32.3 Å². The van der Waals surface area contributed by atoms with E-state index in [1.54, 1.807) is 27.0 Å². The molecule has 2 fully saturated rings. The van der Waals surface area contributed by atoms with Gasteiger partial charge in [-0.15, -0.1) is 0 Å². The zero-order valence-corrected chi connectivity index (χ0v) is 15.0. The van der Waals surface area contributed by atoms with Crippen molar-refractivity contribution in [3.63, 3.8) is 0 Å². The Bertz CT molecular complexity index is 689. The summed E-state index contributed by atoms with van der Waals surface area (Å²) >= 11 is 0. The largest absolute Gasteiger partial charge is 0.497 e. The second kappa shape index (κ2) is 7.46. The lowest BCUT2D eigenvalue weighted by atomic mass is 9.71. The van der Waals surface area contributed by atoms with Crippen LogP contribution in [-0.2, 0) is 19.1 Å². The minimum absolute atomic E-state index is 0.00551. The monoisotopic (exact) mass is 347 g/mol. The van der Waals surface area contributed by atoms with Gasteiger partial charge in [-0.05, 0) is 62.1 Å². The van der Waals surface area contributed by atoms with Crippen molar-refractivity contribution in [2.75, 3.05) is 20.3 Å². The third-order valence-electron chi connectivity index (χ3n) is 5.57. The molecule has 2 saturated carbocycles. The Labute approximate surface area is 150 Å². The summed E-state index contributed by atoms with van der Waals surface area (Å²) in [5, 5.41) is 0. The third kappa shape index (κ3) is 3.24. The lowest BCUT2D eigenvalue weighted by Gasteiger charge is -2.33. The minimum atomic E-state index is -0.487. The number of rotatable bonds is 6. The van der Waals surface area contributed by atoms with E-state index < -0.39 is 11.8 Å². The van der Waals surface area contributed by atoms with Crippen molar-refractivity contribution >= 4 is 11.9 Å². The number of hydrogen-bond acceptors (Lipinski definition) is 5. The van der Waals surface area contributed by atoms with E-state index in [0.717, 1.165) is 18.4 Å². The van der Waals surface area contributed by atoms with Crippen molar-refractivity contribution in [1.82, 2.24) is 0 Å². The first kappa shape index (κ1) is 16.4. The average molecular weight is 347 g/mol. The lowest BCUT2D eigenvalue weighted by molar-refractivity contribution is -0.163. The van der Waals surface area contributed by atoms with Crippen LogP contribution >= 0.6 is 0 Å². The van der Waals surface area contributed by atoms with Crippen LogP contribution in [0.15, 0.2) is 24.2 Å². The number of methoxy groups -OCH3 is 1.